The van der Waals surface area contributed by atoms with Crippen LogP contribution >= 0.6 is 27.3 Å². The molecular formula is C13H10BrNO4S2. The summed E-state index contributed by atoms with van der Waals surface area (Å²) in [6.07, 6.45) is 2.38. The molecule has 2 aromatic rings. The molecule has 0 aliphatic rings. The van der Waals surface area contributed by atoms with Crippen molar-refractivity contribution in [2.75, 3.05) is 4.72 Å². The Balaban J connectivity index is 2.26. The SMILES string of the molecule is O=C(O)/C=C/c1cccc(NS(=O)(=O)c2sccc2Br)c1. The zero-order chi connectivity index (χ0) is 15.5. The van der Waals surface area contributed by atoms with Crippen LogP contribution in [0.2, 0.25) is 0 Å². The van der Waals surface area contributed by atoms with E-state index in [1.807, 2.05) is 0 Å². The van der Waals surface area contributed by atoms with Gasteiger partial charge in [-0.05, 0) is 51.1 Å². The second kappa shape index (κ2) is 6.42. The first-order chi connectivity index (χ1) is 9.88. The fourth-order valence-corrected chi connectivity index (χ4v) is 4.93. The number of thiophene rings is 1. The number of nitrogens with one attached hydrogen (secondary N) is 1. The van der Waals surface area contributed by atoms with Crippen molar-refractivity contribution in [1.29, 1.82) is 0 Å². The lowest BCUT2D eigenvalue weighted by Crippen LogP contribution is -2.11. The molecular weight excluding hydrogens is 378 g/mol. The predicted molar refractivity (Wildman–Crippen MR) is 85.9 cm³/mol. The second-order valence-electron chi connectivity index (χ2n) is 3.96. The molecule has 0 spiro atoms. The minimum absolute atomic E-state index is 0.189. The average molecular weight is 388 g/mol. The van der Waals surface area contributed by atoms with Crippen LogP contribution in [0.4, 0.5) is 5.69 Å². The molecule has 0 saturated carbocycles. The van der Waals surface area contributed by atoms with Gasteiger partial charge in [-0.15, -0.1) is 11.3 Å². The average Bonchev–Trinajstić information content (AvgIpc) is 2.83. The number of hydrogen-bond donors (Lipinski definition) is 2. The van der Waals surface area contributed by atoms with E-state index in [9.17, 15) is 13.2 Å². The summed E-state index contributed by atoms with van der Waals surface area (Å²) in [6, 6.07) is 8.13. The van der Waals surface area contributed by atoms with Gasteiger partial charge in [0, 0.05) is 16.2 Å². The van der Waals surface area contributed by atoms with E-state index in [1.165, 1.54) is 6.08 Å². The van der Waals surface area contributed by atoms with Crippen molar-refractivity contribution in [1.82, 2.24) is 0 Å². The first kappa shape index (κ1) is 15.7. The van der Waals surface area contributed by atoms with E-state index in [0.717, 1.165) is 17.4 Å². The summed E-state index contributed by atoms with van der Waals surface area (Å²) in [5.41, 5.74) is 0.950. The fourth-order valence-electron chi connectivity index (χ4n) is 1.55. The standard InChI is InChI=1S/C13H10BrNO4S2/c14-11-6-7-20-13(11)21(18,19)15-10-3-1-2-9(8-10)4-5-12(16)17/h1-8,15H,(H,16,17)/b5-4+. The number of carboxylic acid groups (broad SMARTS) is 1. The van der Waals surface area contributed by atoms with Crippen LogP contribution < -0.4 is 4.72 Å². The molecule has 0 fully saturated rings. The molecule has 8 heteroatoms. The summed E-state index contributed by atoms with van der Waals surface area (Å²) in [7, 11) is -3.67. The minimum atomic E-state index is -3.67. The number of carbonyl (C=O) groups is 1. The van der Waals surface area contributed by atoms with Gasteiger partial charge < -0.3 is 5.11 Å². The molecule has 2 N–H and O–H groups in total. The van der Waals surface area contributed by atoms with E-state index in [2.05, 4.69) is 20.7 Å². The lowest BCUT2D eigenvalue weighted by Gasteiger charge is -2.07. The number of carboxylic acids is 1. The number of aliphatic carboxylic acids is 1. The summed E-state index contributed by atoms with van der Waals surface area (Å²) in [6.45, 7) is 0. The summed E-state index contributed by atoms with van der Waals surface area (Å²) < 4.78 is 27.6. The van der Waals surface area contributed by atoms with Crippen molar-refractivity contribution in [3.05, 3.63) is 51.8 Å². The molecule has 0 aliphatic heterocycles. The maximum absolute atomic E-state index is 12.2. The minimum Gasteiger partial charge on any atom is -0.478 e. The van der Waals surface area contributed by atoms with Gasteiger partial charge in [-0.25, -0.2) is 13.2 Å². The van der Waals surface area contributed by atoms with Gasteiger partial charge in [0.15, 0.2) is 4.21 Å². The highest BCUT2D eigenvalue weighted by Crippen LogP contribution is 2.29. The van der Waals surface area contributed by atoms with E-state index >= 15 is 0 Å². The summed E-state index contributed by atoms with van der Waals surface area (Å²) >= 11 is 4.29. The first-order valence-corrected chi connectivity index (χ1v) is 8.81. The van der Waals surface area contributed by atoms with Gasteiger partial charge in [-0.1, -0.05) is 12.1 Å². The molecule has 21 heavy (non-hydrogen) atoms. The van der Waals surface area contributed by atoms with Crippen molar-refractivity contribution in [2.24, 2.45) is 0 Å². The van der Waals surface area contributed by atoms with Gasteiger partial charge in [0.25, 0.3) is 10.0 Å². The second-order valence-corrected chi connectivity index (χ2v) is 7.61. The Morgan fingerprint density at radius 3 is 2.71 bits per heavy atom. The van der Waals surface area contributed by atoms with Crippen LogP contribution in [0, 0.1) is 0 Å². The molecule has 0 amide bonds. The summed E-state index contributed by atoms with van der Waals surface area (Å²) in [4.78, 5) is 10.5. The number of anilines is 1. The molecule has 1 aromatic heterocycles. The highest BCUT2D eigenvalue weighted by atomic mass is 79.9. The van der Waals surface area contributed by atoms with Gasteiger partial charge >= 0.3 is 5.97 Å². The number of sulfonamides is 1. The van der Waals surface area contributed by atoms with Crippen molar-refractivity contribution < 1.29 is 18.3 Å². The van der Waals surface area contributed by atoms with Crippen LogP contribution in [0.1, 0.15) is 5.56 Å². The van der Waals surface area contributed by atoms with Crippen LogP contribution in [0.5, 0.6) is 0 Å². The maximum atomic E-state index is 12.2. The zero-order valence-corrected chi connectivity index (χ0v) is 13.7. The Labute approximate surface area is 134 Å². The van der Waals surface area contributed by atoms with E-state index < -0.39 is 16.0 Å². The zero-order valence-electron chi connectivity index (χ0n) is 10.5. The monoisotopic (exact) mass is 387 g/mol. The molecule has 0 bridgehead atoms. The number of rotatable bonds is 5. The van der Waals surface area contributed by atoms with E-state index in [1.54, 1.807) is 35.7 Å². The van der Waals surface area contributed by atoms with Gasteiger partial charge in [0.05, 0.1) is 0 Å². The Hall–Kier alpha value is -1.64. The highest BCUT2D eigenvalue weighted by Gasteiger charge is 2.19. The van der Waals surface area contributed by atoms with Gasteiger partial charge in [-0.3, -0.25) is 4.72 Å². The normalized spacial score (nSPS) is 11.7. The topological polar surface area (TPSA) is 83.5 Å². The highest BCUT2D eigenvalue weighted by molar-refractivity contribution is 9.10. The largest absolute Gasteiger partial charge is 0.478 e. The van der Waals surface area contributed by atoms with Crippen molar-refractivity contribution in [3.8, 4) is 0 Å². The van der Waals surface area contributed by atoms with Crippen LogP contribution in [0.25, 0.3) is 6.08 Å². The summed E-state index contributed by atoms with van der Waals surface area (Å²) in [5.74, 6) is -1.07. The van der Waals surface area contributed by atoms with Crippen molar-refractivity contribution in [3.63, 3.8) is 0 Å². The maximum Gasteiger partial charge on any atom is 0.328 e. The molecule has 0 saturated heterocycles. The van der Waals surface area contributed by atoms with Gasteiger partial charge in [-0.2, -0.15) is 0 Å². The smallest absolute Gasteiger partial charge is 0.328 e. The Morgan fingerprint density at radius 2 is 2.10 bits per heavy atom. The quantitative estimate of drug-likeness (QED) is 0.769. The van der Waals surface area contributed by atoms with E-state index in [-0.39, 0.29) is 4.21 Å². The van der Waals surface area contributed by atoms with Crippen LogP contribution in [0.3, 0.4) is 0 Å². The van der Waals surface area contributed by atoms with Gasteiger partial charge in [0.2, 0.25) is 0 Å². The Morgan fingerprint density at radius 1 is 1.33 bits per heavy atom. The van der Waals surface area contributed by atoms with Gasteiger partial charge in [0.1, 0.15) is 0 Å². The molecule has 0 radical (unpaired) electrons. The van der Waals surface area contributed by atoms with E-state index in [4.69, 9.17) is 5.11 Å². The van der Waals surface area contributed by atoms with Crippen LogP contribution in [-0.2, 0) is 14.8 Å². The van der Waals surface area contributed by atoms with Crippen molar-refractivity contribution in [2.45, 2.75) is 4.21 Å². The molecule has 0 unspecified atom stereocenters. The molecule has 1 heterocycles. The molecule has 0 aliphatic carbocycles. The fraction of sp³-hybridized carbons (Fsp3) is 0. The molecule has 110 valence electrons. The molecule has 2 rings (SSSR count). The van der Waals surface area contributed by atoms with Crippen LogP contribution in [-0.4, -0.2) is 19.5 Å². The number of benzene rings is 1. The van der Waals surface area contributed by atoms with Crippen LogP contribution in [0.15, 0.2) is 50.5 Å². The Bertz CT molecular complexity index is 796. The number of halogens is 1. The number of hydrogen-bond acceptors (Lipinski definition) is 4. The third-order valence-electron chi connectivity index (χ3n) is 2.39. The summed E-state index contributed by atoms with van der Waals surface area (Å²) in [5, 5.41) is 10.3. The first-order valence-electron chi connectivity index (χ1n) is 5.65. The Kier molecular flexibility index (Phi) is 4.81. The molecule has 1 aromatic carbocycles. The third-order valence-corrected chi connectivity index (χ3v) is 6.44. The molecule has 5 nitrogen and oxygen atoms in total. The third kappa shape index (κ3) is 4.16. The lowest BCUT2D eigenvalue weighted by molar-refractivity contribution is -0.131. The predicted octanol–water partition coefficient (Wildman–Crippen LogP) is 3.41. The van der Waals surface area contributed by atoms with E-state index in [0.29, 0.717) is 15.7 Å². The molecule has 0 atom stereocenters. The lowest BCUT2D eigenvalue weighted by atomic mass is 10.2. The van der Waals surface area contributed by atoms with Crippen molar-refractivity contribution >= 4 is 55.0 Å².